The van der Waals surface area contributed by atoms with Gasteiger partial charge in [-0.2, -0.15) is 4.31 Å². The Hall–Kier alpha value is -0.430. The number of nitrogens with one attached hydrogen (secondary N) is 1. The van der Waals surface area contributed by atoms with E-state index in [-0.39, 0.29) is 12.1 Å². The van der Waals surface area contributed by atoms with Crippen LogP contribution in [-0.4, -0.2) is 37.9 Å². The van der Waals surface area contributed by atoms with E-state index < -0.39 is 10.0 Å². The zero-order valence-corrected chi connectivity index (χ0v) is 12.8. The maximum atomic E-state index is 12.6. The molecule has 2 unspecified atom stereocenters. The first-order valence-corrected chi connectivity index (χ1v) is 8.16. The minimum atomic E-state index is -3.43. The molecule has 0 saturated carbocycles. The van der Waals surface area contributed by atoms with Crippen molar-refractivity contribution in [2.75, 3.05) is 13.1 Å². The summed E-state index contributed by atoms with van der Waals surface area (Å²) in [6.45, 7) is 5.11. The number of nitrogens with zero attached hydrogens (tertiary/aromatic N) is 1. The summed E-state index contributed by atoms with van der Waals surface area (Å²) in [6, 6.07) is 7.10. The van der Waals surface area contributed by atoms with Crippen LogP contribution in [0.5, 0.6) is 0 Å². The fraction of sp³-hybridized carbons (Fsp3) is 0.500. The van der Waals surface area contributed by atoms with Crippen molar-refractivity contribution < 1.29 is 8.42 Å². The van der Waals surface area contributed by atoms with Crippen molar-refractivity contribution in [3.63, 3.8) is 0 Å². The second-order valence-electron chi connectivity index (χ2n) is 4.66. The molecule has 1 N–H and O–H groups in total. The molecule has 2 rings (SSSR count). The van der Waals surface area contributed by atoms with Crippen LogP contribution in [0.3, 0.4) is 0 Å². The molecule has 0 spiro atoms. The van der Waals surface area contributed by atoms with Gasteiger partial charge in [0.15, 0.2) is 0 Å². The second-order valence-corrected chi connectivity index (χ2v) is 7.38. The van der Waals surface area contributed by atoms with Crippen LogP contribution < -0.4 is 5.32 Å². The normalized spacial score (nSPS) is 26.2. The molecule has 4 nitrogen and oxygen atoms in total. The van der Waals surface area contributed by atoms with Crippen LogP contribution in [0.15, 0.2) is 33.6 Å². The minimum absolute atomic E-state index is 0.0293. The zero-order valence-electron chi connectivity index (χ0n) is 10.4. The Morgan fingerprint density at radius 3 is 2.67 bits per heavy atom. The largest absolute Gasteiger partial charge is 0.311 e. The van der Waals surface area contributed by atoms with Gasteiger partial charge in [0, 0.05) is 29.6 Å². The summed E-state index contributed by atoms with van der Waals surface area (Å²) in [5.41, 5.74) is 0. The van der Waals surface area contributed by atoms with E-state index in [4.69, 9.17) is 0 Å². The third-order valence-corrected chi connectivity index (χ3v) is 6.12. The van der Waals surface area contributed by atoms with E-state index in [9.17, 15) is 8.42 Å². The Labute approximate surface area is 117 Å². The van der Waals surface area contributed by atoms with E-state index in [0.29, 0.717) is 22.5 Å². The van der Waals surface area contributed by atoms with Crippen molar-refractivity contribution in [1.82, 2.24) is 9.62 Å². The number of halogens is 1. The summed E-state index contributed by atoms with van der Waals surface area (Å²) >= 11 is 3.31. The lowest BCUT2D eigenvalue weighted by Gasteiger charge is -2.36. The highest BCUT2D eigenvalue weighted by Gasteiger charge is 2.34. The van der Waals surface area contributed by atoms with Gasteiger partial charge in [0.1, 0.15) is 0 Å². The Balaban J connectivity index is 2.39. The predicted molar refractivity (Wildman–Crippen MR) is 75.0 cm³/mol. The van der Waals surface area contributed by atoms with Gasteiger partial charge in [-0.05, 0) is 41.9 Å². The molecule has 1 saturated heterocycles. The SMILES string of the molecule is CC1CN(S(=O)(=O)c2ccccc2Br)C(C)CN1. The molecule has 1 heterocycles. The van der Waals surface area contributed by atoms with Crippen LogP contribution >= 0.6 is 15.9 Å². The number of rotatable bonds is 2. The number of sulfonamides is 1. The quantitative estimate of drug-likeness (QED) is 0.898. The van der Waals surface area contributed by atoms with E-state index in [1.54, 1.807) is 22.5 Å². The summed E-state index contributed by atoms with van der Waals surface area (Å²) in [6.07, 6.45) is 0. The summed E-state index contributed by atoms with van der Waals surface area (Å²) < 4.78 is 27.5. The van der Waals surface area contributed by atoms with Gasteiger partial charge < -0.3 is 5.32 Å². The molecule has 1 aliphatic rings. The molecular weight excluding hydrogens is 316 g/mol. The molecule has 100 valence electrons. The number of hydrogen-bond donors (Lipinski definition) is 1. The zero-order chi connectivity index (χ0) is 13.3. The Morgan fingerprint density at radius 1 is 1.33 bits per heavy atom. The molecular formula is C12H17BrN2O2S. The summed E-state index contributed by atoms with van der Waals surface area (Å²) in [4.78, 5) is 0.339. The standard InChI is InChI=1S/C12H17BrN2O2S/c1-9-8-15(10(2)7-14-9)18(16,17)12-6-4-3-5-11(12)13/h3-6,9-10,14H,7-8H2,1-2H3. The van der Waals surface area contributed by atoms with E-state index in [1.807, 2.05) is 19.9 Å². The number of hydrogen-bond acceptors (Lipinski definition) is 3. The van der Waals surface area contributed by atoms with Gasteiger partial charge in [-0.1, -0.05) is 12.1 Å². The lowest BCUT2D eigenvalue weighted by atomic mass is 10.2. The molecule has 0 radical (unpaired) electrons. The molecule has 6 heteroatoms. The van der Waals surface area contributed by atoms with Crippen molar-refractivity contribution in [3.05, 3.63) is 28.7 Å². The van der Waals surface area contributed by atoms with Crippen molar-refractivity contribution >= 4 is 26.0 Å². The molecule has 0 amide bonds. The number of benzene rings is 1. The monoisotopic (exact) mass is 332 g/mol. The average Bonchev–Trinajstić information content (AvgIpc) is 2.32. The van der Waals surface area contributed by atoms with Gasteiger partial charge in [0.05, 0.1) is 4.90 Å². The maximum absolute atomic E-state index is 12.6. The van der Waals surface area contributed by atoms with Crippen LogP contribution in [-0.2, 0) is 10.0 Å². The molecule has 1 aliphatic heterocycles. The van der Waals surface area contributed by atoms with Gasteiger partial charge in [-0.25, -0.2) is 8.42 Å². The van der Waals surface area contributed by atoms with Gasteiger partial charge in [-0.15, -0.1) is 0 Å². The maximum Gasteiger partial charge on any atom is 0.244 e. The van der Waals surface area contributed by atoms with Gasteiger partial charge in [0.2, 0.25) is 10.0 Å². The highest BCUT2D eigenvalue weighted by molar-refractivity contribution is 9.10. The van der Waals surface area contributed by atoms with E-state index in [2.05, 4.69) is 21.2 Å². The molecule has 0 aromatic heterocycles. The third kappa shape index (κ3) is 2.61. The Kier molecular flexibility index (Phi) is 4.11. The Morgan fingerprint density at radius 2 is 2.00 bits per heavy atom. The molecule has 1 aromatic rings. The average molecular weight is 333 g/mol. The van der Waals surface area contributed by atoms with Crippen molar-refractivity contribution in [2.24, 2.45) is 0 Å². The Bertz CT molecular complexity index is 533. The van der Waals surface area contributed by atoms with Crippen LogP contribution in [0.4, 0.5) is 0 Å². The van der Waals surface area contributed by atoms with Crippen LogP contribution in [0.1, 0.15) is 13.8 Å². The van der Waals surface area contributed by atoms with Crippen LogP contribution in [0.25, 0.3) is 0 Å². The fourth-order valence-electron chi connectivity index (χ4n) is 2.10. The molecule has 0 aliphatic carbocycles. The molecule has 1 fully saturated rings. The van der Waals surface area contributed by atoms with E-state index >= 15 is 0 Å². The molecule has 18 heavy (non-hydrogen) atoms. The van der Waals surface area contributed by atoms with Crippen molar-refractivity contribution in [3.8, 4) is 0 Å². The van der Waals surface area contributed by atoms with E-state index in [0.717, 1.165) is 0 Å². The first-order chi connectivity index (χ1) is 8.43. The van der Waals surface area contributed by atoms with Gasteiger partial charge in [0.25, 0.3) is 0 Å². The topological polar surface area (TPSA) is 49.4 Å². The smallest absolute Gasteiger partial charge is 0.244 e. The fourth-order valence-corrected chi connectivity index (χ4v) is 4.79. The third-order valence-electron chi connectivity index (χ3n) is 3.13. The van der Waals surface area contributed by atoms with Gasteiger partial charge >= 0.3 is 0 Å². The first kappa shape index (κ1) is 14.0. The highest BCUT2D eigenvalue weighted by atomic mass is 79.9. The minimum Gasteiger partial charge on any atom is -0.311 e. The number of piperazine rings is 1. The van der Waals surface area contributed by atoms with Crippen LogP contribution in [0, 0.1) is 0 Å². The van der Waals surface area contributed by atoms with Gasteiger partial charge in [-0.3, -0.25) is 0 Å². The summed E-state index contributed by atoms with van der Waals surface area (Å²) in [5, 5.41) is 3.28. The highest BCUT2D eigenvalue weighted by Crippen LogP contribution is 2.26. The molecule has 0 bridgehead atoms. The second kappa shape index (κ2) is 5.28. The molecule has 1 aromatic carbocycles. The summed E-state index contributed by atoms with van der Waals surface area (Å²) in [5.74, 6) is 0. The van der Waals surface area contributed by atoms with E-state index in [1.165, 1.54) is 0 Å². The van der Waals surface area contributed by atoms with Crippen LogP contribution in [0.2, 0.25) is 0 Å². The summed E-state index contributed by atoms with van der Waals surface area (Å²) in [7, 11) is -3.43. The lowest BCUT2D eigenvalue weighted by molar-refractivity contribution is 0.244. The first-order valence-electron chi connectivity index (χ1n) is 5.92. The predicted octanol–water partition coefficient (Wildman–Crippen LogP) is 1.82. The van der Waals surface area contributed by atoms with Crippen molar-refractivity contribution in [2.45, 2.75) is 30.8 Å². The van der Waals surface area contributed by atoms with Crippen molar-refractivity contribution in [1.29, 1.82) is 0 Å². The molecule has 2 atom stereocenters. The lowest BCUT2D eigenvalue weighted by Crippen LogP contribution is -2.56.